The summed E-state index contributed by atoms with van der Waals surface area (Å²) in [4.78, 5) is 10.4. The molecule has 0 aromatic heterocycles. The Morgan fingerprint density at radius 3 is 2.50 bits per heavy atom. The number of ether oxygens (including phenoxy) is 1. The Hall–Kier alpha value is -1.54. The van der Waals surface area contributed by atoms with Crippen LogP contribution in [0.3, 0.4) is 0 Å². The van der Waals surface area contributed by atoms with Gasteiger partial charge in [0.25, 0.3) is 5.69 Å². The first-order valence-corrected chi connectivity index (χ1v) is 7.01. The molecule has 0 aliphatic rings. The first kappa shape index (κ1) is 14.9. The molecule has 1 N–H and O–H groups in total. The monoisotopic (exact) mass is 404 g/mol. The molecule has 2 rings (SSSR count). The smallest absolute Gasteiger partial charge is 0.282 e. The van der Waals surface area contributed by atoms with E-state index in [2.05, 4.69) is 5.32 Å². The van der Waals surface area contributed by atoms with Crippen molar-refractivity contribution in [2.24, 2.45) is 0 Å². The maximum absolute atomic E-state index is 10.8. The van der Waals surface area contributed by atoms with Crippen LogP contribution in [0.2, 0.25) is 5.02 Å². The van der Waals surface area contributed by atoms with Crippen molar-refractivity contribution in [1.82, 2.24) is 0 Å². The van der Waals surface area contributed by atoms with Crippen LogP contribution < -0.4 is 10.1 Å². The number of rotatable bonds is 4. The van der Waals surface area contributed by atoms with Gasteiger partial charge in [0.2, 0.25) is 0 Å². The van der Waals surface area contributed by atoms with Gasteiger partial charge in [-0.1, -0.05) is 11.6 Å². The fraction of sp³-hybridized carbons (Fsp3) is 0.0769. The van der Waals surface area contributed by atoms with E-state index in [1.807, 2.05) is 22.6 Å². The Bertz CT molecular complexity index is 664. The maximum atomic E-state index is 10.8. The molecule has 104 valence electrons. The van der Waals surface area contributed by atoms with Gasteiger partial charge in [0, 0.05) is 23.5 Å². The van der Waals surface area contributed by atoms with Crippen LogP contribution in [0.5, 0.6) is 5.75 Å². The molecule has 5 nitrogen and oxygen atoms in total. The lowest BCUT2D eigenvalue weighted by Crippen LogP contribution is -1.95. The summed E-state index contributed by atoms with van der Waals surface area (Å²) in [6, 6.07) is 10.1. The summed E-state index contributed by atoms with van der Waals surface area (Å²) in [5.74, 6) is 0.563. The van der Waals surface area contributed by atoms with E-state index in [4.69, 9.17) is 16.3 Å². The summed E-state index contributed by atoms with van der Waals surface area (Å²) in [6.45, 7) is 0. The molecule has 0 amide bonds. The van der Waals surface area contributed by atoms with Crippen molar-refractivity contribution in [3.05, 3.63) is 55.1 Å². The minimum absolute atomic E-state index is 0.0878. The van der Waals surface area contributed by atoms with E-state index in [1.165, 1.54) is 6.07 Å². The molecule has 0 atom stereocenters. The maximum Gasteiger partial charge on any atom is 0.282 e. The number of anilines is 2. The fourth-order valence-corrected chi connectivity index (χ4v) is 2.54. The molecule has 2 aromatic rings. The van der Waals surface area contributed by atoms with Crippen LogP contribution in [0, 0.1) is 13.7 Å². The van der Waals surface area contributed by atoms with Crippen molar-refractivity contribution in [2.45, 2.75) is 0 Å². The quantitative estimate of drug-likeness (QED) is 0.459. The zero-order valence-electron chi connectivity index (χ0n) is 10.4. The summed E-state index contributed by atoms with van der Waals surface area (Å²) in [7, 11) is 1.54. The van der Waals surface area contributed by atoms with Gasteiger partial charge in [0.1, 0.15) is 5.75 Å². The normalized spacial score (nSPS) is 10.2. The first-order valence-electron chi connectivity index (χ1n) is 5.56. The Balaban J connectivity index is 2.26. The molecule has 0 radical (unpaired) electrons. The van der Waals surface area contributed by atoms with Crippen LogP contribution >= 0.6 is 34.2 Å². The van der Waals surface area contributed by atoms with Gasteiger partial charge in [0.15, 0.2) is 0 Å². The summed E-state index contributed by atoms with van der Waals surface area (Å²) < 4.78 is 5.70. The van der Waals surface area contributed by atoms with Gasteiger partial charge in [-0.05, 0) is 46.9 Å². The van der Waals surface area contributed by atoms with Gasteiger partial charge in [-0.3, -0.25) is 10.1 Å². The van der Waals surface area contributed by atoms with E-state index < -0.39 is 4.92 Å². The van der Waals surface area contributed by atoms with E-state index in [1.54, 1.807) is 37.4 Å². The molecular formula is C13H10ClIN2O3. The van der Waals surface area contributed by atoms with Crippen molar-refractivity contribution in [1.29, 1.82) is 0 Å². The van der Waals surface area contributed by atoms with Gasteiger partial charge in [0.05, 0.1) is 20.6 Å². The van der Waals surface area contributed by atoms with E-state index in [0.717, 1.165) is 11.4 Å². The lowest BCUT2D eigenvalue weighted by atomic mass is 10.2. The van der Waals surface area contributed by atoms with Gasteiger partial charge >= 0.3 is 0 Å². The third kappa shape index (κ3) is 3.31. The SMILES string of the molecule is COc1cc(Nc2ccc([N+](=O)[O-])c(I)c2)ccc1Cl. The van der Waals surface area contributed by atoms with E-state index in [9.17, 15) is 10.1 Å². The van der Waals surface area contributed by atoms with Crippen LogP contribution in [0.15, 0.2) is 36.4 Å². The Kier molecular flexibility index (Phi) is 4.66. The molecule has 7 heteroatoms. The second-order valence-corrected chi connectivity index (χ2v) is 5.47. The number of halogens is 2. The molecule has 20 heavy (non-hydrogen) atoms. The van der Waals surface area contributed by atoms with Crippen molar-refractivity contribution in [3.8, 4) is 5.75 Å². The summed E-state index contributed by atoms with van der Waals surface area (Å²) in [5.41, 5.74) is 1.63. The van der Waals surface area contributed by atoms with Crippen molar-refractivity contribution >= 4 is 51.3 Å². The highest BCUT2D eigenvalue weighted by atomic mass is 127. The third-order valence-corrected chi connectivity index (χ3v) is 3.76. The lowest BCUT2D eigenvalue weighted by molar-refractivity contribution is -0.385. The molecule has 0 aliphatic carbocycles. The number of nitro benzene ring substituents is 1. The number of nitro groups is 1. The van der Waals surface area contributed by atoms with E-state index in [-0.39, 0.29) is 5.69 Å². The molecule has 0 spiro atoms. The Morgan fingerprint density at radius 1 is 1.25 bits per heavy atom. The predicted octanol–water partition coefficient (Wildman–Crippen LogP) is 4.61. The minimum Gasteiger partial charge on any atom is -0.495 e. The number of methoxy groups -OCH3 is 1. The average Bonchev–Trinajstić information content (AvgIpc) is 2.40. The van der Waals surface area contributed by atoms with Crippen LogP contribution in [0.25, 0.3) is 0 Å². The molecule has 0 bridgehead atoms. The molecule has 0 heterocycles. The highest BCUT2D eigenvalue weighted by Crippen LogP contribution is 2.30. The summed E-state index contributed by atoms with van der Waals surface area (Å²) >= 11 is 7.89. The standard InChI is InChI=1S/C13H10ClIN2O3/c1-20-13-7-9(2-4-10(13)14)16-8-3-5-12(17(18)19)11(15)6-8/h2-7,16H,1H3. The van der Waals surface area contributed by atoms with Crippen LogP contribution in [-0.4, -0.2) is 12.0 Å². The number of benzene rings is 2. The summed E-state index contributed by atoms with van der Waals surface area (Å²) in [6.07, 6.45) is 0. The average molecular weight is 405 g/mol. The number of nitrogens with one attached hydrogen (secondary N) is 1. The fourth-order valence-electron chi connectivity index (χ4n) is 1.64. The molecule has 0 unspecified atom stereocenters. The zero-order valence-corrected chi connectivity index (χ0v) is 13.3. The van der Waals surface area contributed by atoms with E-state index in [0.29, 0.717) is 14.3 Å². The number of nitrogens with zero attached hydrogens (tertiary/aromatic N) is 1. The van der Waals surface area contributed by atoms with E-state index >= 15 is 0 Å². The third-order valence-electron chi connectivity index (χ3n) is 2.58. The summed E-state index contributed by atoms with van der Waals surface area (Å²) in [5, 5.41) is 14.4. The van der Waals surface area contributed by atoms with Gasteiger partial charge in [-0.25, -0.2) is 0 Å². The topological polar surface area (TPSA) is 64.4 Å². The molecular weight excluding hydrogens is 395 g/mol. The van der Waals surface area contributed by atoms with Gasteiger partial charge in [-0.15, -0.1) is 0 Å². The molecule has 0 aliphatic heterocycles. The molecule has 2 aromatic carbocycles. The van der Waals surface area contributed by atoms with Crippen LogP contribution in [0.1, 0.15) is 0 Å². The largest absolute Gasteiger partial charge is 0.495 e. The molecule has 0 saturated carbocycles. The predicted molar refractivity (Wildman–Crippen MR) is 87.1 cm³/mol. The van der Waals surface area contributed by atoms with Crippen molar-refractivity contribution < 1.29 is 9.66 Å². The molecule has 0 fully saturated rings. The van der Waals surface area contributed by atoms with Crippen molar-refractivity contribution in [3.63, 3.8) is 0 Å². The van der Waals surface area contributed by atoms with Crippen LogP contribution in [-0.2, 0) is 0 Å². The minimum atomic E-state index is -0.406. The second kappa shape index (κ2) is 6.27. The molecule has 0 saturated heterocycles. The van der Waals surface area contributed by atoms with Gasteiger partial charge in [-0.2, -0.15) is 0 Å². The lowest BCUT2D eigenvalue weighted by Gasteiger charge is -2.09. The van der Waals surface area contributed by atoms with Crippen molar-refractivity contribution in [2.75, 3.05) is 12.4 Å². The second-order valence-electron chi connectivity index (χ2n) is 3.90. The number of hydrogen-bond donors (Lipinski definition) is 1. The number of hydrogen-bond acceptors (Lipinski definition) is 4. The first-order chi connectivity index (χ1) is 9.51. The highest BCUT2D eigenvalue weighted by Gasteiger charge is 2.11. The highest BCUT2D eigenvalue weighted by molar-refractivity contribution is 14.1. The Morgan fingerprint density at radius 2 is 1.90 bits per heavy atom. The van der Waals surface area contributed by atoms with Crippen LogP contribution in [0.4, 0.5) is 17.1 Å². The Labute approximate surface area is 134 Å². The zero-order chi connectivity index (χ0) is 14.7. The van der Waals surface area contributed by atoms with Gasteiger partial charge < -0.3 is 10.1 Å².